The van der Waals surface area contributed by atoms with Crippen LogP contribution in [0.15, 0.2) is 23.1 Å². The van der Waals surface area contributed by atoms with Crippen molar-refractivity contribution in [1.82, 2.24) is 14.9 Å². The highest BCUT2D eigenvalue weighted by atomic mass is 35.5. The van der Waals surface area contributed by atoms with E-state index in [1.807, 2.05) is 6.92 Å². The molecule has 2 fully saturated rings. The summed E-state index contributed by atoms with van der Waals surface area (Å²) in [5.74, 6) is -0.265. The number of rotatable bonds is 5. The van der Waals surface area contributed by atoms with Gasteiger partial charge in [-0.25, -0.2) is 13.2 Å². The summed E-state index contributed by atoms with van der Waals surface area (Å²) < 4.78 is 32.9. The lowest BCUT2D eigenvalue weighted by Crippen LogP contribution is -2.41. The number of halogens is 1. The largest absolute Gasteiger partial charge is 0.496 e. The molecule has 4 N–H and O–H groups in total. The Hall–Kier alpha value is -1.88. The third kappa shape index (κ3) is 3.57. The lowest BCUT2D eigenvalue weighted by Gasteiger charge is -2.25. The number of sulfonamides is 1. The molecule has 1 aromatic rings. The molecule has 2 aliphatic heterocycles. The van der Waals surface area contributed by atoms with Crippen molar-refractivity contribution in [1.29, 1.82) is 0 Å². The van der Waals surface area contributed by atoms with E-state index in [0.29, 0.717) is 31.8 Å². The summed E-state index contributed by atoms with van der Waals surface area (Å²) in [4.78, 5) is 23.9. The minimum atomic E-state index is -3.78. The Labute approximate surface area is 170 Å². The fourth-order valence-electron chi connectivity index (χ4n) is 3.47. The van der Waals surface area contributed by atoms with Crippen LogP contribution in [0.1, 0.15) is 25.8 Å². The van der Waals surface area contributed by atoms with E-state index in [9.17, 15) is 18.0 Å². The first kappa shape index (κ1) is 22.4. The van der Waals surface area contributed by atoms with Crippen molar-refractivity contribution in [2.24, 2.45) is 11.1 Å². The lowest BCUT2D eigenvalue weighted by molar-refractivity contribution is -0.123. The predicted molar refractivity (Wildman–Crippen MR) is 105 cm³/mol. The van der Waals surface area contributed by atoms with E-state index in [1.54, 1.807) is 0 Å². The third-order valence-electron chi connectivity index (χ3n) is 5.41. The van der Waals surface area contributed by atoms with E-state index >= 15 is 0 Å². The standard InChI is InChI=1S/C17H24N4O5S.ClH/c1-16(9-18)6-7-21(10-16)27(24,25)11-4-5-13(26-3)12(8-11)17(2)14(22)19-15(23)20-17;/h4-5,8H,6-7,9-10,18H2,1-3H3,(H2,19,20,22,23);1H. The molecule has 28 heavy (non-hydrogen) atoms. The van der Waals surface area contributed by atoms with Crippen LogP contribution in [-0.4, -0.2) is 51.4 Å². The van der Waals surface area contributed by atoms with Crippen LogP contribution >= 0.6 is 12.4 Å². The van der Waals surface area contributed by atoms with Gasteiger partial charge in [0.1, 0.15) is 11.3 Å². The van der Waals surface area contributed by atoms with Crippen LogP contribution in [0.25, 0.3) is 0 Å². The van der Waals surface area contributed by atoms with Crippen LogP contribution in [0.5, 0.6) is 5.75 Å². The number of amides is 3. The number of imide groups is 1. The van der Waals surface area contributed by atoms with Crippen LogP contribution in [0.4, 0.5) is 4.79 Å². The van der Waals surface area contributed by atoms with Crippen LogP contribution in [0.3, 0.4) is 0 Å². The number of nitrogens with zero attached hydrogens (tertiary/aromatic N) is 1. The Kier molecular flexibility index (Phi) is 6.01. The maximum Gasteiger partial charge on any atom is 0.322 e. The number of nitrogens with one attached hydrogen (secondary N) is 2. The molecule has 2 heterocycles. The number of nitrogens with two attached hydrogens (primary N) is 1. The van der Waals surface area contributed by atoms with Gasteiger partial charge in [-0.1, -0.05) is 6.92 Å². The zero-order valence-corrected chi connectivity index (χ0v) is 17.6. The number of carbonyl (C=O) groups excluding carboxylic acids is 2. The number of urea groups is 1. The molecule has 0 bridgehead atoms. The van der Waals surface area contributed by atoms with Crippen molar-refractivity contribution in [3.8, 4) is 5.75 Å². The molecule has 156 valence electrons. The SMILES string of the molecule is COc1ccc(S(=O)(=O)N2CCC(C)(CN)C2)cc1C1(C)NC(=O)NC1=O.Cl. The Bertz CT molecular complexity index is 909. The molecular weight excluding hydrogens is 408 g/mol. The van der Waals surface area contributed by atoms with Crippen LogP contribution < -0.4 is 21.1 Å². The highest BCUT2D eigenvalue weighted by Gasteiger charge is 2.46. The molecule has 0 aromatic heterocycles. The predicted octanol–water partition coefficient (Wildman–Crippen LogP) is 0.531. The summed E-state index contributed by atoms with van der Waals surface area (Å²) in [6, 6.07) is 3.67. The number of ether oxygens (including phenoxy) is 1. The second-order valence-electron chi connectivity index (χ2n) is 7.50. The molecule has 0 saturated carbocycles. The average Bonchev–Trinajstić information content (AvgIpc) is 3.15. The van der Waals surface area contributed by atoms with E-state index < -0.39 is 27.5 Å². The molecule has 9 nitrogen and oxygen atoms in total. The summed E-state index contributed by atoms with van der Waals surface area (Å²) in [6.45, 7) is 4.58. The summed E-state index contributed by atoms with van der Waals surface area (Å²) in [6.07, 6.45) is 0.682. The van der Waals surface area contributed by atoms with E-state index in [0.717, 1.165) is 0 Å². The van der Waals surface area contributed by atoms with Gasteiger partial charge in [-0.2, -0.15) is 4.31 Å². The first-order chi connectivity index (χ1) is 12.6. The molecule has 2 aliphatic rings. The molecular formula is C17H25ClN4O5S. The first-order valence-electron chi connectivity index (χ1n) is 8.58. The lowest BCUT2D eigenvalue weighted by atomic mass is 9.90. The molecule has 2 atom stereocenters. The van der Waals surface area contributed by atoms with Gasteiger partial charge >= 0.3 is 6.03 Å². The third-order valence-corrected chi connectivity index (χ3v) is 7.25. The zero-order chi connectivity index (χ0) is 20.0. The number of benzene rings is 1. The molecule has 11 heteroatoms. The normalized spacial score (nSPS) is 27.9. The fraction of sp³-hybridized carbons (Fsp3) is 0.529. The Balaban J connectivity index is 0.00000280. The highest BCUT2D eigenvalue weighted by Crippen LogP contribution is 2.37. The van der Waals surface area contributed by atoms with Gasteiger partial charge in [-0.3, -0.25) is 10.1 Å². The number of hydrogen-bond acceptors (Lipinski definition) is 6. The van der Waals surface area contributed by atoms with Crippen molar-refractivity contribution in [2.45, 2.75) is 30.7 Å². The monoisotopic (exact) mass is 432 g/mol. The smallest absolute Gasteiger partial charge is 0.322 e. The number of methoxy groups -OCH3 is 1. The second-order valence-corrected chi connectivity index (χ2v) is 9.44. The maximum atomic E-state index is 13.1. The van der Waals surface area contributed by atoms with Crippen LogP contribution in [-0.2, 0) is 20.4 Å². The molecule has 0 spiro atoms. The summed E-state index contributed by atoms with van der Waals surface area (Å²) >= 11 is 0. The Morgan fingerprint density at radius 3 is 2.46 bits per heavy atom. The summed E-state index contributed by atoms with van der Waals surface area (Å²) in [5.41, 5.74) is 4.37. The van der Waals surface area contributed by atoms with Gasteiger partial charge in [0, 0.05) is 18.7 Å². The molecule has 3 rings (SSSR count). The Morgan fingerprint density at radius 2 is 1.96 bits per heavy atom. The van der Waals surface area contributed by atoms with E-state index in [2.05, 4.69) is 10.6 Å². The van der Waals surface area contributed by atoms with Crippen molar-refractivity contribution >= 4 is 34.4 Å². The van der Waals surface area contributed by atoms with Gasteiger partial charge < -0.3 is 15.8 Å². The Morgan fingerprint density at radius 1 is 1.29 bits per heavy atom. The molecule has 3 amide bonds. The molecule has 1 aromatic carbocycles. The second kappa shape index (κ2) is 7.51. The summed E-state index contributed by atoms with van der Waals surface area (Å²) in [7, 11) is -2.36. The molecule has 2 saturated heterocycles. The van der Waals surface area contributed by atoms with Gasteiger partial charge in [0.15, 0.2) is 0 Å². The first-order valence-corrected chi connectivity index (χ1v) is 10.0. The van der Waals surface area contributed by atoms with Crippen LogP contribution in [0.2, 0.25) is 0 Å². The van der Waals surface area contributed by atoms with Gasteiger partial charge in [-0.05, 0) is 43.5 Å². The molecule has 2 unspecified atom stereocenters. The average molecular weight is 433 g/mol. The molecule has 0 radical (unpaired) electrons. The topological polar surface area (TPSA) is 131 Å². The zero-order valence-electron chi connectivity index (χ0n) is 15.9. The van der Waals surface area contributed by atoms with Gasteiger partial charge in [0.2, 0.25) is 10.0 Å². The van der Waals surface area contributed by atoms with Crippen LogP contribution in [0, 0.1) is 5.41 Å². The van der Waals surface area contributed by atoms with E-state index in [-0.39, 0.29) is 28.3 Å². The van der Waals surface area contributed by atoms with E-state index in [1.165, 1.54) is 36.5 Å². The maximum absolute atomic E-state index is 13.1. The fourth-order valence-corrected chi connectivity index (χ4v) is 5.09. The molecule has 0 aliphatic carbocycles. The quantitative estimate of drug-likeness (QED) is 0.582. The minimum Gasteiger partial charge on any atom is -0.496 e. The van der Waals surface area contributed by atoms with Crippen molar-refractivity contribution in [3.63, 3.8) is 0 Å². The summed E-state index contributed by atoms with van der Waals surface area (Å²) in [5, 5.41) is 4.71. The van der Waals surface area contributed by atoms with Crippen molar-refractivity contribution in [2.75, 3.05) is 26.7 Å². The van der Waals surface area contributed by atoms with Gasteiger partial charge in [0.05, 0.1) is 12.0 Å². The minimum absolute atomic E-state index is 0. The van der Waals surface area contributed by atoms with Gasteiger partial charge in [0.25, 0.3) is 5.91 Å². The van der Waals surface area contributed by atoms with Crippen molar-refractivity contribution < 1.29 is 22.7 Å². The van der Waals surface area contributed by atoms with E-state index in [4.69, 9.17) is 10.5 Å². The number of carbonyl (C=O) groups is 2. The van der Waals surface area contributed by atoms with Crippen molar-refractivity contribution in [3.05, 3.63) is 23.8 Å². The van der Waals surface area contributed by atoms with Gasteiger partial charge in [-0.15, -0.1) is 12.4 Å². The number of hydrogen-bond donors (Lipinski definition) is 3. The highest BCUT2D eigenvalue weighted by molar-refractivity contribution is 7.89.